The molecule has 0 unspecified atom stereocenters. The van der Waals surface area contributed by atoms with Gasteiger partial charge in [-0.15, -0.1) is 0 Å². The molecule has 0 saturated heterocycles. The Labute approximate surface area is 63.2 Å². The molecule has 0 saturated carbocycles. The zero-order valence-corrected chi connectivity index (χ0v) is 6.43. The van der Waals surface area contributed by atoms with Crippen molar-refractivity contribution in [3.05, 3.63) is 0 Å². The van der Waals surface area contributed by atoms with Crippen molar-refractivity contribution in [1.29, 1.82) is 0 Å². The molecular formula is C3H5ClN2O3S. The zero-order chi connectivity index (χ0) is 7.78. The highest BCUT2D eigenvalue weighted by Gasteiger charge is 2.25. The number of nitrogens with zero attached hydrogens (tertiary/aromatic N) is 2. The molecule has 1 heterocycles. The van der Waals surface area contributed by atoms with Gasteiger partial charge in [0.1, 0.15) is 0 Å². The Morgan fingerprint density at radius 2 is 2.30 bits per heavy atom. The predicted molar refractivity (Wildman–Crippen MR) is 36.4 cm³/mol. The lowest BCUT2D eigenvalue weighted by atomic mass is 10.7. The van der Waals surface area contributed by atoms with Crippen LogP contribution in [0.1, 0.15) is 0 Å². The average Bonchev–Trinajstić information content (AvgIpc) is 2.11. The van der Waals surface area contributed by atoms with Crippen LogP contribution in [0.4, 0.5) is 0 Å². The normalized spacial score (nSPS) is 19.4. The number of amidine groups is 1. The van der Waals surface area contributed by atoms with E-state index in [1.165, 1.54) is 0 Å². The first kappa shape index (κ1) is 7.77. The van der Waals surface area contributed by atoms with Crippen LogP contribution in [0, 0.1) is 0 Å². The van der Waals surface area contributed by atoms with Gasteiger partial charge < -0.3 is 0 Å². The molecule has 0 fully saturated rings. The molecule has 0 aromatic rings. The van der Waals surface area contributed by atoms with Gasteiger partial charge in [-0.1, -0.05) is 0 Å². The molecule has 0 aliphatic carbocycles. The summed E-state index contributed by atoms with van der Waals surface area (Å²) in [5.41, 5.74) is 0. The molecule has 1 rings (SSSR count). The summed E-state index contributed by atoms with van der Waals surface area (Å²) in [6, 6.07) is 0. The molecule has 58 valence electrons. The third kappa shape index (κ3) is 1.39. The largest absolute Gasteiger partial charge is 0.361 e. The van der Waals surface area contributed by atoms with Gasteiger partial charge >= 0.3 is 10.3 Å². The van der Waals surface area contributed by atoms with Crippen molar-refractivity contribution in [2.75, 3.05) is 13.1 Å². The Morgan fingerprint density at radius 3 is 2.50 bits per heavy atom. The number of rotatable bonds is 1. The standard InChI is InChI=1S/C3H5ClN2O3S/c4-3-5-1-2-6(3)10(7,8)9/h1-2H2,(H,7,8,9). The van der Waals surface area contributed by atoms with E-state index in [0.29, 0.717) is 10.8 Å². The molecule has 5 nitrogen and oxygen atoms in total. The second kappa shape index (κ2) is 2.37. The lowest BCUT2D eigenvalue weighted by molar-refractivity contribution is 0.431. The topological polar surface area (TPSA) is 70.0 Å². The fourth-order valence-electron chi connectivity index (χ4n) is 0.615. The lowest BCUT2D eigenvalue weighted by Gasteiger charge is -2.09. The molecule has 1 aliphatic heterocycles. The highest BCUT2D eigenvalue weighted by atomic mass is 35.5. The maximum absolute atomic E-state index is 10.4. The Morgan fingerprint density at radius 1 is 1.70 bits per heavy atom. The zero-order valence-electron chi connectivity index (χ0n) is 4.86. The highest BCUT2D eigenvalue weighted by molar-refractivity contribution is 7.84. The van der Waals surface area contributed by atoms with Crippen LogP contribution < -0.4 is 0 Å². The van der Waals surface area contributed by atoms with E-state index in [-0.39, 0.29) is 11.8 Å². The van der Waals surface area contributed by atoms with E-state index in [0.717, 1.165) is 0 Å². The summed E-state index contributed by atoms with van der Waals surface area (Å²) in [6.45, 7) is 0.427. The second-order valence-electron chi connectivity index (χ2n) is 1.70. The first-order chi connectivity index (χ1) is 4.52. The molecule has 10 heavy (non-hydrogen) atoms. The Hall–Kier alpha value is -0.330. The SMILES string of the molecule is O=S(=O)(O)N1CCN=C1Cl. The smallest absolute Gasteiger partial charge is 0.269 e. The summed E-state index contributed by atoms with van der Waals surface area (Å²) in [5, 5.41) is -0.178. The second-order valence-corrected chi connectivity index (χ2v) is 3.38. The van der Waals surface area contributed by atoms with Crippen molar-refractivity contribution >= 4 is 27.2 Å². The molecule has 0 radical (unpaired) electrons. The quantitative estimate of drug-likeness (QED) is 0.449. The highest BCUT2D eigenvalue weighted by Crippen LogP contribution is 2.08. The average molecular weight is 185 g/mol. The van der Waals surface area contributed by atoms with E-state index in [1.54, 1.807) is 0 Å². The van der Waals surface area contributed by atoms with Gasteiger partial charge in [-0.2, -0.15) is 8.42 Å². The van der Waals surface area contributed by atoms with Crippen molar-refractivity contribution in [1.82, 2.24) is 4.31 Å². The van der Waals surface area contributed by atoms with Gasteiger partial charge in [0, 0.05) is 0 Å². The number of hydrogen-bond donors (Lipinski definition) is 1. The minimum atomic E-state index is -4.18. The molecule has 1 aliphatic rings. The van der Waals surface area contributed by atoms with Gasteiger partial charge in [-0.25, -0.2) is 4.31 Å². The van der Waals surface area contributed by atoms with Crippen molar-refractivity contribution in [2.24, 2.45) is 4.99 Å². The minimum Gasteiger partial charge on any atom is -0.269 e. The summed E-state index contributed by atoms with van der Waals surface area (Å²) in [4.78, 5) is 3.55. The van der Waals surface area contributed by atoms with E-state index < -0.39 is 10.3 Å². The predicted octanol–water partition coefficient (Wildman–Crippen LogP) is -0.300. The van der Waals surface area contributed by atoms with Crippen molar-refractivity contribution in [3.8, 4) is 0 Å². The molecular weight excluding hydrogens is 180 g/mol. The molecule has 7 heteroatoms. The maximum Gasteiger partial charge on any atom is 0.361 e. The van der Waals surface area contributed by atoms with Crippen molar-refractivity contribution in [3.63, 3.8) is 0 Å². The monoisotopic (exact) mass is 184 g/mol. The summed E-state index contributed by atoms with van der Waals surface area (Å²) in [5.74, 6) is 0. The molecule has 1 N–H and O–H groups in total. The van der Waals surface area contributed by atoms with E-state index in [9.17, 15) is 8.42 Å². The third-order valence-electron chi connectivity index (χ3n) is 1.03. The fourth-order valence-corrected chi connectivity index (χ4v) is 1.61. The van der Waals surface area contributed by atoms with Crippen LogP contribution in [-0.2, 0) is 10.3 Å². The summed E-state index contributed by atoms with van der Waals surface area (Å²) >= 11 is 5.30. The molecule has 0 spiro atoms. The van der Waals surface area contributed by atoms with Gasteiger partial charge in [-0.05, 0) is 11.6 Å². The Kier molecular flexibility index (Phi) is 1.84. The van der Waals surface area contributed by atoms with E-state index in [4.69, 9.17) is 16.2 Å². The Balaban J connectivity index is 2.87. The lowest BCUT2D eigenvalue weighted by Crippen LogP contribution is -2.30. The van der Waals surface area contributed by atoms with Crippen LogP contribution in [0.15, 0.2) is 4.99 Å². The minimum absolute atomic E-state index is 0.123. The summed E-state index contributed by atoms with van der Waals surface area (Å²) in [6.07, 6.45) is 0. The number of aliphatic imine (C=N–C) groups is 1. The van der Waals surface area contributed by atoms with E-state index in [2.05, 4.69) is 4.99 Å². The molecule has 0 atom stereocenters. The Bertz CT molecular complexity index is 259. The van der Waals surface area contributed by atoms with Crippen molar-refractivity contribution in [2.45, 2.75) is 0 Å². The molecule has 0 amide bonds. The first-order valence-corrected chi connectivity index (χ1v) is 4.24. The van der Waals surface area contributed by atoms with E-state index >= 15 is 0 Å². The van der Waals surface area contributed by atoms with Gasteiger partial charge in [0.05, 0.1) is 13.1 Å². The summed E-state index contributed by atoms with van der Waals surface area (Å²) < 4.78 is 29.8. The van der Waals surface area contributed by atoms with Crippen LogP contribution in [0.2, 0.25) is 0 Å². The van der Waals surface area contributed by atoms with Gasteiger partial charge in [0.25, 0.3) is 0 Å². The molecule has 0 aromatic carbocycles. The van der Waals surface area contributed by atoms with Crippen LogP contribution in [0.3, 0.4) is 0 Å². The third-order valence-corrected chi connectivity index (χ3v) is 2.37. The molecule has 0 aromatic heterocycles. The van der Waals surface area contributed by atoms with Gasteiger partial charge in [-0.3, -0.25) is 9.55 Å². The first-order valence-electron chi connectivity index (χ1n) is 2.47. The molecule has 0 bridgehead atoms. The maximum atomic E-state index is 10.4. The summed E-state index contributed by atoms with van der Waals surface area (Å²) in [7, 11) is -4.18. The number of hydrogen-bond acceptors (Lipinski definition) is 3. The van der Waals surface area contributed by atoms with Crippen LogP contribution >= 0.6 is 11.6 Å². The van der Waals surface area contributed by atoms with Crippen LogP contribution in [0.5, 0.6) is 0 Å². The van der Waals surface area contributed by atoms with Gasteiger partial charge in [0.2, 0.25) is 5.29 Å². The van der Waals surface area contributed by atoms with Gasteiger partial charge in [0.15, 0.2) is 0 Å². The van der Waals surface area contributed by atoms with E-state index in [1.807, 2.05) is 0 Å². The van der Waals surface area contributed by atoms with Crippen LogP contribution in [0.25, 0.3) is 0 Å². The van der Waals surface area contributed by atoms with Crippen LogP contribution in [-0.4, -0.2) is 35.7 Å². The van der Waals surface area contributed by atoms with Crippen molar-refractivity contribution < 1.29 is 13.0 Å². The fraction of sp³-hybridized carbons (Fsp3) is 0.667. The number of halogens is 1.